The number of rotatable bonds is 5. The van der Waals surface area contributed by atoms with Crippen molar-refractivity contribution in [2.24, 2.45) is 0 Å². The number of hydrogen-bond acceptors (Lipinski definition) is 4. The summed E-state index contributed by atoms with van der Waals surface area (Å²) in [6, 6.07) is 0.122. The average molecular weight is 381 g/mol. The van der Waals surface area contributed by atoms with Crippen molar-refractivity contribution in [3.63, 3.8) is 0 Å². The van der Waals surface area contributed by atoms with E-state index < -0.39 is 35.7 Å². The van der Waals surface area contributed by atoms with Gasteiger partial charge in [0.15, 0.2) is 11.6 Å². The van der Waals surface area contributed by atoms with Crippen LogP contribution in [0.25, 0.3) is 0 Å². The number of amides is 4. The molecule has 0 aliphatic carbocycles. The Bertz CT molecular complexity index is 795. The van der Waals surface area contributed by atoms with E-state index in [0.29, 0.717) is 13.0 Å². The van der Waals surface area contributed by atoms with Crippen LogP contribution in [0.4, 0.5) is 18.4 Å². The number of imide groups is 1. The number of hydrogen-bond donors (Lipinski definition) is 2. The van der Waals surface area contributed by atoms with Crippen molar-refractivity contribution < 1.29 is 27.9 Å². The summed E-state index contributed by atoms with van der Waals surface area (Å²) in [5, 5.41) is 5.01. The minimum absolute atomic E-state index is 0.0475. The smallest absolute Gasteiger partial charge is 0.337 e. The van der Waals surface area contributed by atoms with Crippen LogP contribution in [0.3, 0.4) is 0 Å². The average Bonchev–Trinajstić information content (AvgIpc) is 2.63. The Labute approximate surface area is 155 Å². The molecule has 2 rings (SSSR count). The highest BCUT2D eigenvalue weighted by molar-refractivity contribution is 6.01. The minimum Gasteiger partial charge on any atom is -0.466 e. The lowest BCUT2D eigenvalue weighted by Gasteiger charge is -2.36. The molecule has 1 aliphatic heterocycles. The highest BCUT2D eigenvalue weighted by atomic mass is 19.2. The normalized spacial score (nSPS) is 16.9. The first-order valence-electron chi connectivity index (χ1n) is 8.43. The standard InChI is InChI=1S/C18H21F2N3O4/c1-4-5-8-21-17(25)23-15(11-6-7-12(19)13(20)9-11)14(16(24)27-3)10(2)22-18(23)26/h6-7,9,15H,4-5,8H2,1-3H3,(H,21,25)(H,22,26). The minimum atomic E-state index is -1.26. The zero-order chi connectivity index (χ0) is 20.1. The van der Waals surface area contributed by atoms with Crippen LogP contribution in [0.1, 0.15) is 38.3 Å². The van der Waals surface area contributed by atoms with Gasteiger partial charge in [0.25, 0.3) is 0 Å². The lowest BCUT2D eigenvalue weighted by atomic mass is 9.94. The van der Waals surface area contributed by atoms with Gasteiger partial charge in [0, 0.05) is 12.2 Å². The molecule has 1 atom stereocenters. The summed E-state index contributed by atoms with van der Waals surface area (Å²) in [5.41, 5.74) is 0.182. The van der Waals surface area contributed by atoms with E-state index in [0.717, 1.165) is 30.6 Å². The van der Waals surface area contributed by atoms with Gasteiger partial charge in [-0.3, -0.25) is 0 Å². The molecule has 0 fully saturated rings. The first kappa shape index (κ1) is 20.3. The van der Waals surface area contributed by atoms with E-state index >= 15 is 0 Å². The molecule has 9 heteroatoms. The van der Waals surface area contributed by atoms with Crippen molar-refractivity contribution >= 4 is 18.0 Å². The first-order valence-corrected chi connectivity index (χ1v) is 8.43. The molecule has 1 unspecified atom stereocenters. The van der Waals surface area contributed by atoms with Crippen molar-refractivity contribution in [3.8, 4) is 0 Å². The molecule has 2 N–H and O–H groups in total. The Kier molecular flexibility index (Phi) is 6.49. The number of allylic oxidation sites excluding steroid dienone is 1. The van der Waals surface area contributed by atoms with Gasteiger partial charge in [0.2, 0.25) is 0 Å². The number of unbranched alkanes of at least 4 members (excludes halogenated alkanes) is 1. The van der Waals surface area contributed by atoms with E-state index in [-0.39, 0.29) is 16.8 Å². The molecule has 0 saturated carbocycles. The monoisotopic (exact) mass is 381 g/mol. The number of methoxy groups -OCH3 is 1. The predicted octanol–water partition coefficient (Wildman–Crippen LogP) is 2.99. The van der Waals surface area contributed by atoms with Crippen molar-refractivity contribution in [3.05, 3.63) is 46.7 Å². The second-order valence-corrected chi connectivity index (χ2v) is 5.99. The quantitative estimate of drug-likeness (QED) is 0.606. The SMILES string of the molecule is CCCCNC(=O)N1C(=O)NC(C)=C(C(=O)OC)C1c1ccc(F)c(F)c1. The molecular weight excluding hydrogens is 360 g/mol. The topological polar surface area (TPSA) is 87.7 Å². The second kappa shape index (κ2) is 8.61. The molecule has 7 nitrogen and oxygen atoms in total. The molecule has 4 amide bonds. The summed E-state index contributed by atoms with van der Waals surface area (Å²) in [6.07, 6.45) is 1.52. The van der Waals surface area contributed by atoms with Gasteiger partial charge in [-0.25, -0.2) is 28.1 Å². The van der Waals surface area contributed by atoms with Crippen LogP contribution in [0.5, 0.6) is 0 Å². The third-order valence-electron chi connectivity index (χ3n) is 4.14. The van der Waals surface area contributed by atoms with Gasteiger partial charge < -0.3 is 15.4 Å². The fraction of sp³-hybridized carbons (Fsp3) is 0.389. The van der Waals surface area contributed by atoms with Gasteiger partial charge in [-0.1, -0.05) is 19.4 Å². The molecule has 1 aromatic rings. The number of nitrogens with one attached hydrogen (secondary N) is 2. The van der Waals surface area contributed by atoms with Gasteiger partial charge >= 0.3 is 18.0 Å². The van der Waals surface area contributed by atoms with Crippen LogP contribution in [0, 0.1) is 11.6 Å². The second-order valence-electron chi connectivity index (χ2n) is 5.99. The van der Waals surface area contributed by atoms with E-state index in [1.807, 2.05) is 6.92 Å². The van der Waals surface area contributed by atoms with Crippen molar-refractivity contribution in [2.75, 3.05) is 13.7 Å². The molecule has 0 saturated heterocycles. The molecule has 0 bridgehead atoms. The van der Waals surface area contributed by atoms with Gasteiger partial charge in [-0.05, 0) is 31.0 Å². The summed E-state index contributed by atoms with van der Waals surface area (Å²) in [4.78, 5) is 38.1. The molecule has 1 aliphatic rings. The molecule has 0 spiro atoms. The van der Waals surface area contributed by atoms with Gasteiger partial charge in [-0.2, -0.15) is 0 Å². The third kappa shape index (κ3) is 4.24. The fourth-order valence-corrected chi connectivity index (χ4v) is 2.78. The number of carbonyl (C=O) groups excluding carboxylic acids is 3. The molecule has 0 aromatic heterocycles. The Morgan fingerprint density at radius 2 is 2.00 bits per heavy atom. The maximum Gasteiger partial charge on any atom is 0.337 e. The summed E-state index contributed by atoms with van der Waals surface area (Å²) < 4.78 is 31.9. The molecular formula is C18H21F2N3O4. The highest BCUT2D eigenvalue weighted by Crippen LogP contribution is 2.34. The van der Waals surface area contributed by atoms with Gasteiger partial charge in [-0.15, -0.1) is 0 Å². The first-order chi connectivity index (χ1) is 12.8. The summed E-state index contributed by atoms with van der Waals surface area (Å²) in [7, 11) is 1.15. The highest BCUT2D eigenvalue weighted by Gasteiger charge is 2.42. The number of esters is 1. The van der Waals surface area contributed by atoms with Crippen LogP contribution in [0.15, 0.2) is 29.5 Å². The lowest BCUT2D eigenvalue weighted by Crippen LogP contribution is -2.54. The van der Waals surface area contributed by atoms with E-state index in [9.17, 15) is 23.2 Å². The van der Waals surface area contributed by atoms with Crippen LogP contribution < -0.4 is 10.6 Å². The van der Waals surface area contributed by atoms with Crippen LogP contribution in [-0.2, 0) is 9.53 Å². The van der Waals surface area contributed by atoms with Gasteiger partial charge in [0.1, 0.15) is 6.04 Å². The van der Waals surface area contributed by atoms with E-state index in [4.69, 9.17) is 4.74 Å². The number of ether oxygens (including phenoxy) is 1. The summed E-state index contributed by atoms with van der Waals surface area (Å²) >= 11 is 0. The summed E-state index contributed by atoms with van der Waals surface area (Å²) in [6.45, 7) is 3.72. The number of halogens is 2. The Balaban J connectivity index is 2.55. The fourth-order valence-electron chi connectivity index (χ4n) is 2.78. The Morgan fingerprint density at radius 3 is 2.59 bits per heavy atom. The van der Waals surface area contributed by atoms with Crippen molar-refractivity contribution in [1.82, 2.24) is 15.5 Å². The van der Waals surface area contributed by atoms with Crippen LogP contribution in [0.2, 0.25) is 0 Å². The molecule has 1 heterocycles. The van der Waals surface area contributed by atoms with E-state index in [1.54, 1.807) is 0 Å². The molecule has 0 radical (unpaired) electrons. The van der Waals surface area contributed by atoms with Crippen molar-refractivity contribution in [2.45, 2.75) is 32.7 Å². The zero-order valence-corrected chi connectivity index (χ0v) is 15.3. The molecule has 1 aromatic carbocycles. The Hall–Kier alpha value is -2.97. The summed E-state index contributed by atoms with van der Waals surface area (Å²) in [5.74, 6) is -3.04. The number of carbonyl (C=O) groups is 3. The van der Waals surface area contributed by atoms with E-state index in [1.165, 1.54) is 13.0 Å². The van der Waals surface area contributed by atoms with E-state index in [2.05, 4.69) is 10.6 Å². The number of nitrogens with zero attached hydrogens (tertiary/aromatic N) is 1. The van der Waals surface area contributed by atoms with Crippen LogP contribution in [-0.4, -0.2) is 36.6 Å². The maximum absolute atomic E-state index is 13.8. The predicted molar refractivity (Wildman–Crippen MR) is 92.5 cm³/mol. The lowest BCUT2D eigenvalue weighted by molar-refractivity contribution is -0.136. The third-order valence-corrected chi connectivity index (χ3v) is 4.14. The molecule has 146 valence electrons. The largest absolute Gasteiger partial charge is 0.466 e. The Morgan fingerprint density at radius 1 is 1.30 bits per heavy atom. The number of urea groups is 2. The zero-order valence-electron chi connectivity index (χ0n) is 15.3. The van der Waals surface area contributed by atoms with Crippen LogP contribution >= 0.6 is 0 Å². The van der Waals surface area contributed by atoms with Crippen molar-refractivity contribution in [1.29, 1.82) is 0 Å². The van der Waals surface area contributed by atoms with Gasteiger partial charge in [0.05, 0.1) is 12.7 Å². The maximum atomic E-state index is 13.8. The number of benzene rings is 1. The molecule has 27 heavy (non-hydrogen) atoms.